The van der Waals surface area contributed by atoms with Crippen molar-refractivity contribution in [2.24, 2.45) is 0 Å². The van der Waals surface area contributed by atoms with Gasteiger partial charge in [-0.15, -0.1) is 48.2 Å². The van der Waals surface area contributed by atoms with Gasteiger partial charge >= 0.3 is 0 Å². The molecule has 0 fully saturated rings. The molecule has 0 unspecified atom stereocenters. The molecule has 0 bridgehead atoms. The zero-order valence-corrected chi connectivity index (χ0v) is 50.9. The number of hydrogen-bond acceptors (Lipinski definition) is 24. The SMILES string of the molecule is C.C.C.C.C.C.CC.CC.CC.CC.CC.CC.CC.CC.CC.CC.CC.CC.CC.CC.c1cocn1.c1cscn1.c1ncon1.c1ncsn1.c1nnco1.c1nncs1.c1nnno1.c1nnns1. The van der Waals surface area contributed by atoms with Gasteiger partial charge < -0.3 is 17.9 Å². The summed E-state index contributed by atoms with van der Waals surface area (Å²) in [5, 5.41) is 34.6. The lowest BCUT2D eigenvalue weighted by atomic mass is 11.0. The number of nitrogens with zero attached hydrogens (tertiary/aromatic N) is 16. The maximum absolute atomic E-state index is 4.47. The third-order valence-electron chi connectivity index (χ3n) is 2.28. The summed E-state index contributed by atoms with van der Waals surface area (Å²) >= 11 is 5.69. The predicted octanol–water partition coefficient (Wildman–Crippen LogP) is 20.6. The lowest BCUT2D eigenvalue weighted by molar-refractivity contribution is 0.392. The van der Waals surface area contributed by atoms with Crippen molar-refractivity contribution >= 4 is 45.7 Å². The molecule has 0 N–H and O–H groups in total. The monoisotopic (exact) mass is 1140 g/mol. The van der Waals surface area contributed by atoms with Crippen molar-refractivity contribution in [1.29, 1.82) is 0 Å². The molecule has 74 heavy (non-hydrogen) atoms. The van der Waals surface area contributed by atoms with Crippen LogP contribution in [0.5, 0.6) is 0 Å². The summed E-state index contributed by atoms with van der Waals surface area (Å²) in [6.07, 6.45) is 14.0. The molecular formula is C50H124N16O4S4. The van der Waals surface area contributed by atoms with Crippen LogP contribution < -0.4 is 0 Å². The Hall–Kier alpha value is -5.20. The molecule has 0 saturated carbocycles. The molecule has 24 heteroatoms. The molecule has 0 saturated heterocycles. The smallest absolute Gasteiger partial charge is 0.235 e. The molecule has 0 spiro atoms. The van der Waals surface area contributed by atoms with Gasteiger partial charge in [-0.1, -0.05) is 253 Å². The van der Waals surface area contributed by atoms with Crippen LogP contribution in [0.4, 0.5) is 0 Å². The molecule has 0 radical (unpaired) electrons. The fourth-order valence-electron chi connectivity index (χ4n) is 1.11. The molecule has 452 valence electrons. The molecule has 20 nitrogen and oxygen atoms in total. The van der Waals surface area contributed by atoms with E-state index in [0.29, 0.717) is 0 Å². The average Bonchev–Trinajstić information content (AvgIpc) is 4.33. The number of rotatable bonds is 0. The van der Waals surface area contributed by atoms with Gasteiger partial charge in [-0.2, -0.15) is 4.37 Å². The van der Waals surface area contributed by atoms with E-state index in [-0.39, 0.29) is 44.6 Å². The predicted molar refractivity (Wildman–Crippen MR) is 336 cm³/mol. The van der Waals surface area contributed by atoms with E-state index in [9.17, 15) is 0 Å². The van der Waals surface area contributed by atoms with Crippen LogP contribution in [-0.2, 0) is 0 Å². The van der Waals surface area contributed by atoms with Gasteiger partial charge in [0, 0.05) is 23.1 Å². The highest BCUT2D eigenvalue weighted by molar-refractivity contribution is 7.07. The van der Waals surface area contributed by atoms with Gasteiger partial charge in [-0.05, 0) is 22.0 Å². The summed E-state index contributed by atoms with van der Waals surface area (Å²) < 4.78 is 24.2. The molecule has 0 amide bonds. The maximum Gasteiger partial charge on any atom is 0.235 e. The minimum absolute atomic E-state index is 0. The molecule has 0 atom stereocenters. The quantitative estimate of drug-likeness (QED) is 0.137. The highest BCUT2D eigenvalue weighted by atomic mass is 32.1. The van der Waals surface area contributed by atoms with Crippen LogP contribution in [0.25, 0.3) is 0 Å². The van der Waals surface area contributed by atoms with Gasteiger partial charge in [0.05, 0.1) is 17.0 Å². The Kier molecular flexibility index (Phi) is 448. The van der Waals surface area contributed by atoms with Gasteiger partial charge in [0.25, 0.3) is 0 Å². The Labute approximate surface area is 476 Å². The van der Waals surface area contributed by atoms with E-state index in [1.165, 1.54) is 78.9 Å². The van der Waals surface area contributed by atoms with E-state index in [2.05, 4.69) is 98.1 Å². The minimum atomic E-state index is 0. The summed E-state index contributed by atoms with van der Waals surface area (Å²) in [4.78, 5) is 14.4. The maximum atomic E-state index is 4.47. The molecule has 0 aliphatic rings. The minimum Gasteiger partial charge on any atom is -0.452 e. The lowest BCUT2D eigenvalue weighted by Gasteiger charge is -1.47. The Morgan fingerprint density at radius 3 is 0.919 bits per heavy atom. The van der Waals surface area contributed by atoms with Crippen molar-refractivity contribution in [2.45, 2.75) is 238 Å². The average molecular weight is 1140 g/mol. The third-order valence-corrected chi connectivity index (χ3v) is 4.03. The number of oxazole rings is 1. The first kappa shape index (κ1) is 133. The van der Waals surface area contributed by atoms with E-state index in [0.717, 1.165) is 6.39 Å². The summed E-state index contributed by atoms with van der Waals surface area (Å²) in [5.41, 5.74) is 8.40. The largest absolute Gasteiger partial charge is 0.452 e. The van der Waals surface area contributed by atoms with Crippen LogP contribution in [0.3, 0.4) is 0 Å². The highest BCUT2D eigenvalue weighted by Gasteiger charge is 1.64. The van der Waals surface area contributed by atoms with E-state index in [4.69, 9.17) is 0 Å². The fourth-order valence-corrected chi connectivity index (χ4v) is 2.21. The zero-order chi connectivity index (χ0) is 56.3. The second-order valence-electron chi connectivity index (χ2n) is 4.66. The highest BCUT2D eigenvalue weighted by Crippen LogP contribution is 1.86. The van der Waals surface area contributed by atoms with Gasteiger partial charge in [-0.3, -0.25) is 4.98 Å². The van der Waals surface area contributed by atoms with Crippen LogP contribution in [0, 0.1) is 0 Å². The van der Waals surface area contributed by atoms with Gasteiger partial charge in [0.2, 0.25) is 25.6 Å². The molecule has 8 aromatic rings. The fraction of sp³-hybridized carbons (Fsp3) is 0.680. The topological polar surface area (TPSA) is 259 Å². The Morgan fingerprint density at radius 1 is 0.324 bits per heavy atom. The summed E-state index contributed by atoms with van der Waals surface area (Å²) in [5.74, 6) is 0. The Morgan fingerprint density at radius 2 is 0.811 bits per heavy atom. The summed E-state index contributed by atoms with van der Waals surface area (Å²) in [6, 6.07) is 0. The van der Waals surface area contributed by atoms with Crippen molar-refractivity contribution in [2.75, 3.05) is 0 Å². The van der Waals surface area contributed by atoms with E-state index in [1.54, 1.807) is 51.3 Å². The molecule has 0 aliphatic heterocycles. The van der Waals surface area contributed by atoms with Crippen LogP contribution >= 0.6 is 45.7 Å². The number of hydrogen-bond donors (Lipinski definition) is 0. The third kappa shape index (κ3) is 239. The molecule has 0 aliphatic carbocycles. The molecule has 8 aromatic heterocycles. The zero-order valence-electron chi connectivity index (χ0n) is 47.7. The first-order chi connectivity index (χ1) is 34.0. The van der Waals surface area contributed by atoms with Crippen molar-refractivity contribution in [1.82, 2.24) is 80.2 Å². The first-order valence-electron chi connectivity index (χ1n) is 23.6. The summed E-state index contributed by atoms with van der Waals surface area (Å²) in [6.45, 7) is 56.0. The first-order valence-corrected chi connectivity index (χ1v) is 27.1. The van der Waals surface area contributed by atoms with Crippen LogP contribution in [0.2, 0.25) is 0 Å². The summed E-state index contributed by atoms with van der Waals surface area (Å²) in [7, 11) is 0. The Bertz CT molecular complexity index is 864. The standard InChI is InChI=1S/C3H3NO.C3H3NS.2C2H2N2O.2C2H2N2S.14C2H6.CHN3O.CHN3S.6CH4/c2*1-2-5-3-4-1;1-3-4-2-5-1;1-3-2-5-4-1;1-3-4-2-5-1;1-3-2-5-4-1;14*1-2;2*1-2-3-4-5-1;;;;;;/h2*1-3H;4*1-2H;14*1-2H3;2*1H;6*1H4. The van der Waals surface area contributed by atoms with Crippen LogP contribution in [0.1, 0.15) is 238 Å². The number of aromatic nitrogens is 16. The van der Waals surface area contributed by atoms with Gasteiger partial charge in [0.15, 0.2) is 12.7 Å². The lowest BCUT2D eigenvalue weighted by Crippen LogP contribution is -1.61. The van der Waals surface area contributed by atoms with E-state index < -0.39 is 0 Å². The van der Waals surface area contributed by atoms with Crippen molar-refractivity contribution < 1.29 is 17.9 Å². The normalized spacial score (nSPS) is 5.46. The second-order valence-corrected chi connectivity index (χ2v) is 7.33. The van der Waals surface area contributed by atoms with Crippen LogP contribution in [-0.4, -0.2) is 80.2 Å². The van der Waals surface area contributed by atoms with E-state index >= 15 is 0 Å². The second kappa shape index (κ2) is 250. The number of thiazole rings is 1. The molecule has 8 heterocycles. The Balaban J connectivity index is -0.0000000232. The van der Waals surface area contributed by atoms with Crippen molar-refractivity contribution in [3.63, 3.8) is 0 Å². The van der Waals surface area contributed by atoms with Gasteiger partial charge in [0.1, 0.15) is 34.6 Å². The molecule has 0 aromatic carbocycles. The van der Waals surface area contributed by atoms with Crippen molar-refractivity contribution in [3.05, 3.63) is 96.2 Å². The van der Waals surface area contributed by atoms with E-state index in [1.807, 2.05) is 199 Å². The molecular weight excluding hydrogens is 1020 g/mol. The van der Waals surface area contributed by atoms with Crippen molar-refractivity contribution in [3.8, 4) is 0 Å². The molecule has 8 rings (SSSR count). The van der Waals surface area contributed by atoms with Gasteiger partial charge in [-0.25, -0.2) is 15.0 Å². The van der Waals surface area contributed by atoms with Crippen LogP contribution in [0.15, 0.2) is 114 Å².